The van der Waals surface area contributed by atoms with Crippen molar-refractivity contribution in [2.45, 2.75) is 71.5 Å². The molecule has 1 fully saturated rings. The predicted molar refractivity (Wildman–Crippen MR) is 92.8 cm³/mol. The summed E-state index contributed by atoms with van der Waals surface area (Å²) in [6.07, 6.45) is 4.64. The van der Waals surface area contributed by atoms with E-state index < -0.39 is 5.60 Å². The van der Waals surface area contributed by atoms with Crippen molar-refractivity contribution in [3.63, 3.8) is 0 Å². The first kappa shape index (κ1) is 18.5. The average Bonchev–Trinajstić information content (AvgIpc) is 3.00. The molecule has 1 unspecified atom stereocenters. The third-order valence-electron chi connectivity index (χ3n) is 4.12. The molecule has 1 aromatic rings. The van der Waals surface area contributed by atoms with E-state index in [0.717, 1.165) is 31.2 Å². The smallest absolute Gasteiger partial charge is 0.338 e. The van der Waals surface area contributed by atoms with Crippen LogP contribution in [0.25, 0.3) is 0 Å². The van der Waals surface area contributed by atoms with Gasteiger partial charge >= 0.3 is 11.9 Å². The maximum Gasteiger partial charge on any atom is 0.338 e. The van der Waals surface area contributed by atoms with E-state index in [-0.39, 0.29) is 24.0 Å². The van der Waals surface area contributed by atoms with Gasteiger partial charge < -0.3 is 9.47 Å². The molecule has 0 aliphatic heterocycles. The number of hydrogen-bond donors (Lipinski definition) is 0. The van der Waals surface area contributed by atoms with Crippen LogP contribution in [0.15, 0.2) is 24.3 Å². The molecular weight excluding hydrogens is 304 g/mol. The van der Waals surface area contributed by atoms with Gasteiger partial charge in [0.25, 0.3) is 0 Å². The van der Waals surface area contributed by atoms with Crippen molar-refractivity contribution in [1.29, 1.82) is 0 Å². The van der Waals surface area contributed by atoms with Crippen LogP contribution < -0.4 is 0 Å². The minimum Gasteiger partial charge on any atom is -0.462 e. The minimum atomic E-state index is -0.501. The van der Waals surface area contributed by atoms with Crippen molar-refractivity contribution in [2.24, 2.45) is 5.92 Å². The molecule has 1 aromatic carbocycles. The molecule has 0 heterocycles. The minimum absolute atomic E-state index is 0.0645. The Morgan fingerprint density at radius 3 is 2.25 bits per heavy atom. The Hall–Kier alpha value is -1.84. The number of ether oxygens (including phenoxy) is 2. The zero-order valence-electron chi connectivity index (χ0n) is 15.1. The molecule has 1 aliphatic carbocycles. The van der Waals surface area contributed by atoms with Gasteiger partial charge in [0.1, 0.15) is 11.7 Å². The quantitative estimate of drug-likeness (QED) is 0.754. The average molecular weight is 332 g/mol. The zero-order chi connectivity index (χ0) is 17.7. The van der Waals surface area contributed by atoms with Crippen LogP contribution in [-0.4, -0.2) is 23.6 Å². The number of carbonyl (C=O) groups is 2. The topological polar surface area (TPSA) is 52.6 Å². The molecule has 4 heteroatoms. The van der Waals surface area contributed by atoms with Crippen molar-refractivity contribution >= 4 is 11.9 Å². The lowest BCUT2D eigenvalue weighted by Gasteiger charge is -2.19. The van der Waals surface area contributed by atoms with E-state index in [4.69, 9.17) is 9.47 Å². The molecule has 0 bridgehead atoms. The second-order valence-electron chi connectivity index (χ2n) is 7.63. The van der Waals surface area contributed by atoms with E-state index in [1.807, 2.05) is 39.8 Å². The summed E-state index contributed by atoms with van der Waals surface area (Å²) < 4.78 is 10.9. The molecule has 132 valence electrons. The Morgan fingerprint density at radius 1 is 1.12 bits per heavy atom. The predicted octanol–water partition coefficient (Wildman–Crippen LogP) is 4.31. The summed E-state index contributed by atoms with van der Waals surface area (Å²) in [6, 6.07) is 7.29. The maximum atomic E-state index is 12.0. The molecule has 4 nitrogen and oxygen atoms in total. The number of hydrogen-bond acceptors (Lipinski definition) is 4. The molecular formula is C20H28O4. The Kier molecular flexibility index (Phi) is 6.03. The lowest BCUT2D eigenvalue weighted by atomic mass is 10.1. The van der Waals surface area contributed by atoms with Crippen LogP contribution in [0.2, 0.25) is 0 Å². The second kappa shape index (κ2) is 7.82. The first-order valence-electron chi connectivity index (χ1n) is 8.77. The Balaban J connectivity index is 1.86. The van der Waals surface area contributed by atoms with Crippen LogP contribution in [0, 0.1) is 5.92 Å². The van der Waals surface area contributed by atoms with E-state index >= 15 is 0 Å². The van der Waals surface area contributed by atoms with Crippen LogP contribution in [0.5, 0.6) is 0 Å². The van der Waals surface area contributed by atoms with Gasteiger partial charge in [0, 0.05) is 6.42 Å². The van der Waals surface area contributed by atoms with Gasteiger partial charge in [0.15, 0.2) is 0 Å². The molecule has 0 radical (unpaired) electrons. The summed E-state index contributed by atoms with van der Waals surface area (Å²) in [7, 11) is 0. The van der Waals surface area contributed by atoms with Gasteiger partial charge in [-0.1, -0.05) is 25.0 Å². The molecule has 2 rings (SSSR count). The fourth-order valence-corrected chi connectivity index (χ4v) is 2.94. The molecule has 1 saturated carbocycles. The molecule has 0 amide bonds. The van der Waals surface area contributed by atoms with Crippen LogP contribution >= 0.6 is 0 Å². The van der Waals surface area contributed by atoms with Gasteiger partial charge in [0.05, 0.1) is 11.5 Å². The number of esters is 2. The third-order valence-corrected chi connectivity index (χ3v) is 4.12. The number of carbonyl (C=O) groups excluding carboxylic acids is 2. The van der Waals surface area contributed by atoms with Crippen molar-refractivity contribution in [3.05, 3.63) is 35.4 Å². The monoisotopic (exact) mass is 332 g/mol. The van der Waals surface area contributed by atoms with Crippen molar-refractivity contribution in [1.82, 2.24) is 0 Å². The van der Waals surface area contributed by atoms with Gasteiger partial charge in [-0.05, 0) is 58.2 Å². The molecule has 1 atom stereocenters. The Morgan fingerprint density at radius 2 is 1.71 bits per heavy atom. The van der Waals surface area contributed by atoms with E-state index in [2.05, 4.69) is 0 Å². The van der Waals surface area contributed by atoms with E-state index in [9.17, 15) is 9.59 Å². The van der Waals surface area contributed by atoms with Gasteiger partial charge in [-0.3, -0.25) is 4.79 Å². The van der Waals surface area contributed by atoms with Crippen molar-refractivity contribution < 1.29 is 19.1 Å². The summed E-state index contributed by atoms with van der Waals surface area (Å²) in [5.41, 5.74) is 1.07. The molecule has 0 spiro atoms. The summed E-state index contributed by atoms with van der Waals surface area (Å²) >= 11 is 0. The highest BCUT2D eigenvalue weighted by Gasteiger charge is 2.25. The van der Waals surface area contributed by atoms with Gasteiger partial charge in [-0.2, -0.15) is 0 Å². The van der Waals surface area contributed by atoms with Crippen molar-refractivity contribution in [3.8, 4) is 0 Å². The molecule has 1 aliphatic rings. The van der Waals surface area contributed by atoms with Crippen LogP contribution in [0.1, 0.15) is 69.3 Å². The van der Waals surface area contributed by atoms with E-state index in [1.54, 1.807) is 12.1 Å². The Labute approximate surface area is 144 Å². The summed E-state index contributed by atoms with van der Waals surface area (Å²) in [5.74, 6) is -0.304. The highest BCUT2D eigenvalue weighted by molar-refractivity contribution is 5.89. The van der Waals surface area contributed by atoms with Crippen LogP contribution in [0.4, 0.5) is 0 Å². The fraction of sp³-hybridized carbons (Fsp3) is 0.600. The van der Waals surface area contributed by atoms with E-state index in [0.29, 0.717) is 12.0 Å². The van der Waals surface area contributed by atoms with Crippen molar-refractivity contribution in [2.75, 3.05) is 0 Å². The normalized spacial score (nSPS) is 16.7. The second-order valence-corrected chi connectivity index (χ2v) is 7.63. The maximum absolute atomic E-state index is 12.0. The SMILES string of the molecule is CC(Cc1ccc(C(=O)OC(C)(C)C)cc1)OC(=O)C1CCCC1. The summed E-state index contributed by atoms with van der Waals surface area (Å²) in [4.78, 5) is 24.0. The zero-order valence-corrected chi connectivity index (χ0v) is 15.1. The van der Waals surface area contributed by atoms with Gasteiger partial charge in [-0.25, -0.2) is 4.79 Å². The molecule has 0 aromatic heterocycles. The molecule has 0 saturated heterocycles. The highest BCUT2D eigenvalue weighted by Crippen LogP contribution is 2.26. The van der Waals surface area contributed by atoms with Crippen LogP contribution in [-0.2, 0) is 20.7 Å². The third kappa shape index (κ3) is 5.66. The van der Waals surface area contributed by atoms with E-state index in [1.165, 1.54) is 0 Å². The standard InChI is InChI=1S/C20H28O4/c1-14(23-18(21)16-7-5-6-8-16)13-15-9-11-17(12-10-15)19(22)24-20(2,3)4/h9-12,14,16H,5-8,13H2,1-4H3. The lowest BCUT2D eigenvalue weighted by Crippen LogP contribution is -2.24. The molecule has 0 N–H and O–H groups in total. The number of rotatable bonds is 5. The lowest BCUT2D eigenvalue weighted by molar-refractivity contribution is -0.152. The fourth-order valence-electron chi connectivity index (χ4n) is 2.94. The highest BCUT2D eigenvalue weighted by atomic mass is 16.6. The first-order chi connectivity index (χ1) is 11.2. The number of benzene rings is 1. The Bertz CT molecular complexity index is 562. The van der Waals surface area contributed by atoms with Gasteiger partial charge in [0.2, 0.25) is 0 Å². The van der Waals surface area contributed by atoms with Gasteiger partial charge in [-0.15, -0.1) is 0 Å². The summed E-state index contributed by atoms with van der Waals surface area (Å²) in [5, 5.41) is 0. The summed E-state index contributed by atoms with van der Waals surface area (Å²) in [6.45, 7) is 7.45. The van der Waals surface area contributed by atoms with Crippen LogP contribution in [0.3, 0.4) is 0 Å². The molecule has 24 heavy (non-hydrogen) atoms. The first-order valence-corrected chi connectivity index (χ1v) is 8.77. The largest absolute Gasteiger partial charge is 0.462 e.